The van der Waals surface area contributed by atoms with E-state index in [2.05, 4.69) is 0 Å². The molecule has 1 rings (SSSR count). The van der Waals surface area contributed by atoms with Crippen molar-refractivity contribution in [3.05, 3.63) is 29.3 Å². The lowest BCUT2D eigenvalue weighted by atomic mass is 10.1. The molecule has 0 aliphatic heterocycles. The molecule has 7 nitrogen and oxygen atoms in total. The van der Waals surface area contributed by atoms with Crippen LogP contribution in [0.2, 0.25) is 0 Å². The van der Waals surface area contributed by atoms with Gasteiger partial charge in [0.2, 0.25) is 0 Å². The first-order valence-electron chi connectivity index (χ1n) is 4.87. The zero-order chi connectivity index (χ0) is 13.0. The van der Waals surface area contributed by atoms with Gasteiger partial charge in [0.25, 0.3) is 0 Å². The van der Waals surface area contributed by atoms with Gasteiger partial charge < -0.3 is 28.2 Å². The van der Waals surface area contributed by atoms with E-state index in [1.165, 1.54) is 6.07 Å². The molecule has 1 atom stereocenters. The molecule has 0 aliphatic rings. The monoisotopic (exact) mass is 289 g/mol. The summed E-state index contributed by atoms with van der Waals surface area (Å²) in [4.78, 5) is 22.0. The molecule has 0 saturated heterocycles. The standard InChI is InChI=1S/C11H13NO4S.2H3N/c1-6-2-3-7(10(13)14)9(4-6)17-5-8(12)11(15)16;;/h2-4,8H,5,12H2,1H3,(H,13,14)(H,15,16);2*1H3/t8-;;/m0../s1. The van der Waals surface area contributed by atoms with E-state index in [0.717, 1.165) is 17.3 Å². The van der Waals surface area contributed by atoms with Gasteiger partial charge >= 0.3 is 11.9 Å². The summed E-state index contributed by atoms with van der Waals surface area (Å²) >= 11 is 1.14. The van der Waals surface area contributed by atoms with Crippen molar-refractivity contribution in [1.29, 1.82) is 0 Å². The van der Waals surface area contributed by atoms with Gasteiger partial charge in [0, 0.05) is 10.6 Å². The van der Waals surface area contributed by atoms with Crippen LogP contribution in [0, 0.1) is 6.92 Å². The topological polar surface area (TPSA) is 171 Å². The number of aryl methyl sites for hydroxylation is 1. The van der Waals surface area contributed by atoms with Crippen LogP contribution >= 0.6 is 11.8 Å². The Hall–Kier alpha value is -1.61. The quantitative estimate of drug-likeness (QED) is 0.507. The van der Waals surface area contributed by atoms with E-state index in [1.807, 2.05) is 6.92 Å². The number of carboxylic acid groups (broad SMARTS) is 2. The third kappa shape index (κ3) is 5.71. The van der Waals surface area contributed by atoms with Crippen LogP contribution < -0.4 is 18.0 Å². The second kappa shape index (κ2) is 8.48. The fraction of sp³-hybridized carbons (Fsp3) is 0.273. The molecule has 0 aromatic heterocycles. The maximum Gasteiger partial charge on any atom is 0.336 e. The summed E-state index contributed by atoms with van der Waals surface area (Å²) in [5.74, 6) is -1.99. The average molecular weight is 289 g/mol. The third-order valence-corrected chi connectivity index (χ3v) is 3.28. The fourth-order valence-electron chi connectivity index (χ4n) is 1.18. The number of hydrogen-bond donors (Lipinski definition) is 5. The van der Waals surface area contributed by atoms with Gasteiger partial charge in [-0.3, -0.25) is 4.79 Å². The molecule has 8 heteroatoms. The fourth-order valence-corrected chi connectivity index (χ4v) is 2.26. The first-order chi connectivity index (χ1) is 7.91. The summed E-state index contributed by atoms with van der Waals surface area (Å²) in [6.07, 6.45) is 0. The molecule has 0 amide bonds. The number of aliphatic carboxylic acids is 1. The number of rotatable bonds is 5. The number of hydrogen-bond acceptors (Lipinski definition) is 6. The Balaban J connectivity index is 0. The highest BCUT2D eigenvalue weighted by Gasteiger charge is 2.15. The van der Waals surface area contributed by atoms with Gasteiger partial charge in [-0.25, -0.2) is 4.79 Å². The van der Waals surface area contributed by atoms with Crippen LogP contribution in [0.5, 0.6) is 0 Å². The molecule has 0 unspecified atom stereocenters. The van der Waals surface area contributed by atoms with Crippen molar-refractivity contribution < 1.29 is 19.8 Å². The zero-order valence-electron chi connectivity index (χ0n) is 10.6. The maximum atomic E-state index is 11.0. The van der Waals surface area contributed by atoms with Crippen LogP contribution in [0.15, 0.2) is 23.1 Å². The van der Waals surface area contributed by atoms with E-state index >= 15 is 0 Å². The van der Waals surface area contributed by atoms with Crippen molar-refractivity contribution in [1.82, 2.24) is 12.3 Å². The first-order valence-corrected chi connectivity index (χ1v) is 5.85. The minimum atomic E-state index is -1.10. The molecule has 1 aromatic rings. The molecule has 0 fully saturated rings. The van der Waals surface area contributed by atoms with E-state index in [-0.39, 0.29) is 23.6 Å². The van der Waals surface area contributed by atoms with E-state index in [1.54, 1.807) is 12.1 Å². The van der Waals surface area contributed by atoms with Crippen LogP contribution in [0.25, 0.3) is 0 Å². The molecule has 0 aliphatic carbocycles. The minimum absolute atomic E-state index is 0. The maximum absolute atomic E-state index is 11.0. The smallest absolute Gasteiger partial charge is 0.336 e. The van der Waals surface area contributed by atoms with Gasteiger partial charge in [0.1, 0.15) is 6.04 Å². The Morgan fingerprint density at radius 1 is 1.32 bits per heavy atom. The molecule has 0 radical (unpaired) electrons. The molecule has 10 N–H and O–H groups in total. The van der Waals surface area contributed by atoms with E-state index in [0.29, 0.717) is 4.90 Å². The first kappa shape index (κ1) is 19.7. The molecule has 0 saturated carbocycles. The number of thioether (sulfide) groups is 1. The predicted molar refractivity (Wildman–Crippen MR) is 74.5 cm³/mol. The van der Waals surface area contributed by atoms with Gasteiger partial charge in [-0.15, -0.1) is 11.8 Å². The predicted octanol–water partition coefficient (Wildman–Crippen LogP) is 1.52. The lowest BCUT2D eigenvalue weighted by Gasteiger charge is -2.09. The van der Waals surface area contributed by atoms with E-state index in [4.69, 9.17) is 15.9 Å². The molecular weight excluding hydrogens is 270 g/mol. The number of carbonyl (C=O) groups is 2. The Morgan fingerprint density at radius 3 is 2.37 bits per heavy atom. The number of carboxylic acids is 2. The number of nitrogens with two attached hydrogens (primary N) is 1. The van der Waals surface area contributed by atoms with Crippen molar-refractivity contribution >= 4 is 23.7 Å². The second-order valence-corrected chi connectivity index (χ2v) is 4.62. The minimum Gasteiger partial charge on any atom is -0.480 e. The molecule has 1 aromatic carbocycles. The van der Waals surface area contributed by atoms with Crippen molar-refractivity contribution in [3.63, 3.8) is 0 Å². The number of aromatic carboxylic acids is 1. The summed E-state index contributed by atoms with van der Waals surface area (Å²) in [6, 6.07) is 3.92. The summed E-state index contributed by atoms with van der Waals surface area (Å²) in [7, 11) is 0. The zero-order valence-corrected chi connectivity index (χ0v) is 11.4. The number of benzene rings is 1. The Bertz CT molecular complexity index is 454. The Kier molecular flexibility index (Phi) is 8.81. The lowest BCUT2D eigenvalue weighted by molar-refractivity contribution is -0.137. The summed E-state index contributed by atoms with van der Waals surface area (Å²) < 4.78 is 0. The molecular formula is C11H19N3O4S. The molecule has 0 bridgehead atoms. The SMILES string of the molecule is Cc1ccc(C(=O)O)c(SC[C@H](N)C(=O)O)c1.N.N. The van der Waals surface area contributed by atoms with Gasteiger partial charge in [-0.05, 0) is 24.6 Å². The van der Waals surface area contributed by atoms with Crippen LogP contribution in [0.1, 0.15) is 15.9 Å². The summed E-state index contributed by atoms with van der Waals surface area (Å²) in [6.45, 7) is 1.84. The van der Waals surface area contributed by atoms with Crippen molar-refractivity contribution in [3.8, 4) is 0 Å². The van der Waals surface area contributed by atoms with Crippen molar-refractivity contribution in [2.45, 2.75) is 17.9 Å². The van der Waals surface area contributed by atoms with Gasteiger partial charge in [0.15, 0.2) is 0 Å². The molecule has 0 spiro atoms. The van der Waals surface area contributed by atoms with Crippen LogP contribution in [0.4, 0.5) is 0 Å². The van der Waals surface area contributed by atoms with Crippen LogP contribution in [-0.4, -0.2) is 33.9 Å². The van der Waals surface area contributed by atoms with Crippen LogP contribution in [0.3, 0.4) is 0 Å². The molecule has 0 heterocycles. The third-order valence-electron chi connectivity index (χ3n) is 2.10. The normalized spacial score (nSPS) is 10.8. The largest absolute Gasteiger partial charge is 0.480 e. The molecule has 108 valence electrons. The second-order valence-electron chi connectivity index (χ2n) is 3.56. The van der Waals surface area contributed by atoms with E-state index in [9.17, 15) is 9.59 Å². The lowest BCUT2D eigenvalue weighted by Crippen LogP contribution is -2.32. The van der Waals surface area contributed by atoms with Crippen LogP contribution in [-0.2, 0) is 4.79 Å². The Morgan fingerprint density at radius 2 is 1.89 bits per heavy atom. The summed E-state index contributed by atoms with van der Waals surface area (Å²) in [5.41, 5.74) is 6.44. The summed E-state index contributed by atoms with van der Waals surface area (Å²) in [5, 5.41) is 17.6. The van der Waals surface area contributed by atoms with E-state index < -0.39 is 18.0 Å². The highest BCUT2D eigenvalue weighted by atomic mass is 32.2. The Labute approximate surface area is 115 Å². The van der Waals surface area contributed by atoms with Crippen molar-refractivity contribution in [2.75, 3.05) is 5.75 Å². The van der Waals surface area contributed by atoms with Gasteiger partial charge in [0.05, 0.1) is 5.56 Å². The molecule has 19 heavy (non-hydrogen) atoms. The van der Waals surface area contributed by atoms with Crippen molar-refractivity contribution in [2.24, 2.45) is 5.73 Å². The van der Waals surface area contributed by atoms with Gasteiger partial charge in [-0.2, -0.15) is 0 Å². The van der Waals surface area contributed by atoms with Gasteiger partial charge in [-0.1, -0.05) is 6.07 Å². The average Bonchev–Trinajstić information content (AvgIpc) is 2.25. The highest BCUT2D eigenvalue weighted by Crippen LogP contribution is 2.24. The highest BCUT2D eigenvalue weighted by molar-refractivity contribution is 7.99.